The molecule has 4 amide bonds. The van der Waals surface area contributed by atoms with E-state index in [4.69, 9.17) is 11.5 Å². The molecule has 0 aliphatic heterocycles. The fourth-order valence-electron chi connectivity index (χ4n) is 4.60. The SMILES string of the molecule is NC(=O)CCC(NC(=O)C(CCC(=O)O)NC(=O)C(N)Cc1c[nH]c2ccccc12)C(=O)NC(Cc1ccccc1)C(=O)O. The van der Waals surface area contributed by atoms with Gasteiger partial charge < -0.3 is 42.6 Å². The minimum absolute atomic E-state index is 0.0516. The number of aromatic nitrogens is 1. The number of carboxylic acids is 2. The number of hydrogen-bond acceptors (Lipinski definition) is 7. The van der Waals surface area contributed by atoms with Gasteiger partial charge in [-0.25, -0.2) is 4.79 Å². The zero-order valence-electron chi connectivity index (χ0n) is 23.8. The molecule has 0 fully saturated rings. The summed E-state index contributed by atoms with van der Waals surface area (Å²) in [6.45, 7) is 0. The second-order valence-corrected chi connectivity index (χ2v) is 10.3. The van der Waals surface area contributed by atoms with Gasteiger partial charge in [0.25, 0.3) is 0 Å². The molecular weight excluding hydrogens is 572 g/mol. The number of nitrogens with two attached hydrogens (primary N) is 2. The second-order valence-electron chi connectivity index (χ2n) is 10.3. The Kier molecular flexibility index (Phi) is 12.0. The largest absolute Gasteiger partial charge is 0.481 e. The lowest BCUT2D eigenvalue weighted by molar-refractivity contribution is -0.142. The number of nitrogens with one attached hydrogen (secondary N) is 4. The van der Waals surface area contributed by atoms with Crippen molar-refractivity contribution in [1.82, 2.24) is 20.9 Å². The Bertz CT molecular complexity index is 1490. The quantitative estimate of drug-likeness (QED) is 0.102. The molecule has 3 aromatic rings. The van der Waals surface area contributed by atoms with Crippen LogP contribution in [0.3, 0.4) is 0 Å². The molecule has 0 saturated heterocycles. The lowest BCUT2D eigenvalue weighted by Gasteiger charge is -2.25. The molecule has 44 heavy (non-hydrogen) atoms. The van der Waals surface area contributed by atoms with Gasteiger partial charge in [0, 0.05) is 36.4 Å². The summed E-state index contributed by atoms with van der Waals surface area (Å²) in [4.78, 5) is 77.2. The van der Waals surface area contributed by atoms with Crippen LogP contribution in [0.15, 0.2) is 60.8 Å². The molecule has 14 nitrogen and oxygen atoms in total. The van der Waals surface area contributed by atoms with Crippen molar-refractivity contribution in [3.8, 4) is 0 Å². The number of aromatic amines is 1. The van der Waals surface area contributed by atoms with Gasteiger partial charge in [0.2, 0.25) is 23.6 Å². The number of carbonyl (C=O) groups is 6. The number of amides is 4. The summed E-state index contributed by atoms with van der Waals surface area (Å²) in [5, 5.41) is 27.0. The van der Waals surface area contributed by atoms with Gasteiger partial charge in [-0.1, -0.05) is 48.5 Å². The van der Waals surface area contributed by atoms with Gasteiger partial charge in [-0.15, -0.1) is 0 Å². The van der Waals surface area contributed by atoms with E-state index in [0.29, 0.717) is 5.56 Å². The lowest BCUT2D eigenvalue weighted by Crippen LogP contribution is -2.57. The van der Waals surface area contributed by atoms with Crippen LogP contribution in [0.25, 0.3) is 10.9 Å². The highest BCUT2D eigenvalue weighted by Gasteiger charge is 2.31. The molecule has 0 aliphatic carbocycles. The summed E-state index contributed by atoms with van der Waals surface area (Å²) in [7, 11) is 0. The van der Waals surface area contributed by atoms with Crippen LogP contribution in [0.5, 0.6) is 0 Å². The van der Waals surface area contributed by atoms with Crippen LogP contribution < -0.4 is 27.4 Å². The Morgan fingerprint density at radius 1 is 0.727 bits per heavy atom. The van der Waals surface area contributed by atoms with Crippen molar-refractivity contribution >= 4 is 46.5 Å². The topological polar surface area (TPSA) is 247 Å². The first-order valence-electron chi connectivity index (χ1n) is 13.9. The van der Waals surface area contributed by atoms with Crippen LogP contribution in [0.1, 0.15) is 36.8 Å². The first-order valence-corrected chi connectivity index (χ1v) is 13.9. The number of carbonyl (C=O) groups excluding carboxylic acids is 4. The van der Waals surface area contributed by atoms with E-state index in [2.05, 4.69) is 20.9 Å². The fourth-order valence-corrected chi connectivity index (χ4v) is 4.60. The molecule has 4 unspecified atom stereocenters. The third kappa shape index (κ3) is 9.94. The van der Waals surface area contributed by atoms with Crippen molar-refractivity contribution in [2.45, 2.75) is 62.7 Å². The summed E-state index contributed by atoms with van der Waals surface area (Å²) in [5.41, 5.74) is 13.6. The molecule has 1 heterocycles. The summed E-state index contributed by atoms with van der Waals surface area (Å²) >= 11 is 0. The predicted molar refractivity (Wildman–Crippen MR) is 159 cm³/mol. The normalized spacial score (nSPS) is 13.7. The maximum atomic E-state index is 13.3. The number of H-pyrrole nitrogens is 1. The van der Waals surface area contributed by atoms with E-state index in [0.717, 1.165) is 16.5 Å². The zero-order valence-corrected chi connectivity index (χ0v) is 23.8. The van der Waals surface area contributed by atoms with Crippen molar-refractivity contribution in [2.75, 3.05) is 0 Å². The maximum Gasteiger partial charge on any atom is 0.326 e. The molecule has 1 aromatic heterocycles. The standard InChI is InChI=1S/C30H36N6O8/c31-20(15-18-16-33-21-9-5-4-8-19(18)21)27(40)34-23(11-13-26(38)39)28(41)35-22(10-12-25(32)37)29(42)36-24(30(43)44)14-17-6-2-1-3-7-17/h1-9,16,20,22-24,33H,10-15,31H2,(H2,32,37)(H,34,40)(H,35,41)(H,36,42)(H,38,39)(H,43,44). The molecule has 4 atom stereocenters. The Morgan fingerprint density at radius 2 is 1.30 bits per heavy atom. The maximum absolute atomic E-state index is 13.3. The number of rotatable bonds is 17. The molecule has 0 spiro atoms. The van der Waals surface area contributed by atoms with Crippen molar-refractivity contribution in [3.63, 3.8) is 0 Å². The molecule has 14 heteroatoms. The van der Waals surface area contributed by atoms with E-state index in [1.807, 2.05) is 24.3 Å². The van der Waals surface area contributed by atoms with E-state index < -0.39 is 66.2 Å². The smallest absolute Gasteiger partial charge is 0.326 e. The average molecular weight is 609 g/mol. The van der Waals surface area contributed by atoms with Crippen molar-refractivity contribution < 1.29 is 39.0 Å². The van der Waals surface area contributed by atoms with Gasteiger partial charge in [0.1, 0.15) is 18.1 Å². The number of fused-ring (bicyclic) bond motifs is 1. The summed E-state index contributed by atoms with van der Waals surface area (Å²) in [6.07, 6.45) is 0.362. The highest BCUT2D eigenvalue weighted by atomic mass is 16.4. The van der Waals surface area contributed by atoms with Gasteiger partial charge in [-0.3, -0.25) is 24.0 Å². The third-order valence-electron chi connectivity index (χ3n) is 6.94. The van der Waals surface area contributed by atoms with Gasteiger partial charge in [0.15, 0.2) is 0 Å². The van der Waals surface area contributed by atoms with Crippen LogP contribution in [-0.2, 0) is 41.6 Å². The molecule has 0 bridgehead atoms. The number of carboxylic acid groups (broad SMARTS) is 2. The van der Waals surface area contributed by atoms with Crippen LogP contribution in [-0.4, -0.2) is 74.9 Å². The number of hydrogen-bond donors (Lipinski definition) is 8. The monoisotopic (exact) mass is 608 g/mol. The molecule has 2 aromatic carbocycles. The minimum Gasteiger partial charge on any atom is -0.481 e. The highest BCUT2D eigenvalue weighted by Crippen LogP contribution is 2.19. The molecule has 10 N–H and O–H groups in total. The predicted octanol–water partition coefficient (Wildman–Crippen LogP) is -0.0503. The fraction of sp³-hybridized carbons (Fsp3) is 0.333. The minimum atomic E-state index is -1.42. The second kappa shape index (κ2) is 15.8. The Hall–Kier alpha value is -5.24. The van der Waals surface area contributed by atoms with Gasteiger partial charge in [-0.2, -0.15) is 0 Å². The van der Waals surface area contributed by atoms with E-state index in [9.17, 15) is 39.0 Å². The van der Waals surface area contributed by atoms with Crippen molar-refractivity contribution in [1.29, 1.82) is 0 Å². The Morgan fingerprint density at radius 3 is 1.91 bits per heavy atom. The molecule has 0 saturated carbocycles. The number of aliphatic carboxylic acids is 2. The van der Waals surface area contributed by atoms with E-state index >= 15 is 0 Å². The molecule has 234 valence electrons. The van der Waals surface area contributed by atoms with E-state index in [-0.39, 0.29) is 32.1 Å². The van der Waals surface area contributed by atoms with Crippen molar-refractivity contribution in [3.05, 3.63) is 71.9 Å². The van der Waals surface area contributed by atoms with Gasteiger partial charge in [-0.05, 0) is 36.5 Å². The number of primary amides is 1. The Labute approximate surface area is 252 Å². The average Bonchev–Trinajstić information content (AvgIpc) is 3.39. The number of benzene rings is 2. The molecule has 0 aliphatic rings. The number of para-hydroxylation sites is 1. The summed E-state index contributed by atoms with van der Waals surface area (Å²) in [5.74, 6) is -5.87. The van der Waals surface area contributed by atoms with Gasteiger partial charge >= 0.3 is 11.9 Å². The zero-order chi connectivity index (χ0) is 32.2. The van der Waals surface area contributed by atoms with E-state index in [1.54, 1.807) is 36.5 Å². The first-order chi connectivity index (χ1) is 20.9. The van der Waals surface area contributed by atoms with Crippen molar-refractivity contribution in [2.24, 2.45) is 11.5 Å². The van der Waals surface area contributed by atoms with Crippen LogP contribution in [0, 0.1) is 0 Å². The van der Waals surface area contributed by atoms with Gasteiger partial charge in [0.05, 0.1) is 6.04 Å². The van der Waals surface area contributed by atoms with Crippen LogP contribution in [0.2, 0.25) is 0 Å². The molecule has 3 rings (SSSR count). The third-order valence-corrected chi connectivity index (χ3v) is 6.94. The summed E-state index contributed by atoms with van der Waals surface area (Å²) in [6, 6.07) is 10.7. The van der Waals surface area contributed by atoms with E-state index in [1.165, 1.54) is 0 Å². The summed E-state index contributed by atoms with van der Waals surface area (Å²) < 4.78 is 0. The Balaban J connectivity index is 1.73. The molecule has 0 radical (unpaired) electrons. The molecular formula is C30H36N6O8. The lowest BCUT2D eigenvalue weighted by atomic mass is 10.0. The van der Waals surface area contributed by atoms with Crippen LogP contribution >= 0.6 is 0 Å². The first kappa shape index (κ1) is 33.3. The highest BCUT2D eigenvalue weighted by molar-refractivity contribution is 5.95. The van der Waals surface area contributed by atoms with Crippen LogP contribution in [0.4, 0.5) is 0 Å².